The summed E-state index contributed by atoms with van der Waals surface area (Å²) in [6, 6.07) is 1.37. The summed E-state index contributed by atoms with van der Waals surface area (Å²) in [5.41, 5.74) is 5.48. The number of nitrogens with two attached hydrogens (primary N) is 1. The molecule has 1 aliphatic carbocycles. The summed E-state index contributed by atoms with van der Waals surface area (Å²) >= 11 is 0. The van der Waals surface area contributed by atoms with Gasteiger partial charge in [0.05, 0.1) is 0 Å². The maximum Gasteiger partial charge on any atom is 0.315 e. The highest BCUT2D eigenvalue weighted by Gasteiger charge is 2.29. The van der Waals surface area contributed by atoms with Gasteiger partial charge in [-0.05, 0) is 31.7 Å². The fourth-order valence-electron chi connectivity index (χ4n) is 3.59. The average Bonchev–Trinajstić information content (AvgIpc) is 3.16. The van der Waals surface area contributed by atoms with Crippen molar-refractivity contribution in [1.29, 1.82) is 0 Å². The number of aromatic nitrogens is 2. The fraction of sp³-hybridized carbons (Fsp3) is 0.867. The van der Waals surface area contributed by atoms with E-state index < -0.39 is 0 Å². The normalized spacial score (nSPS) is 24.5. The zero-order valence-corrected chi connectivity index (χ0v) is 12.8. The number of nitrogens with zero attached hydrogens (tertiary/aromatic N) is 3. The molecule has 2 aliphatic rings. The third-order valence-electron chi connectivity index (χ3n) is 4.78. The van der Waals surface area contributed by atoms with Gasteiger partial charge < -0.3 is 20.4 Å². The summed E-state index contributed by atoms with van der Waals surface area (Å²) in [6.45, 7) is 3.93. The maximum atomic E-state index is 5.50. The minimum absolute atomic E-state index is 0.537. The monoisotopic (exact) mass is 293 g/mol. The van der Waals surface area contributed by atoms with Gasteiger partial charge in [-0.1, -0.05) is 24.4 Å². The van der Waals surface area contributed by atoms with Gasteiger partial charge in [0.25, 0.3) is 0 Å². The first-order valence-electron chi connectivity index (χ1n) is 8.35. The van der Waals surface area contributed by atoms with Crippen LogP contribution in [0.1, 0.15) is 44.4 Å². The molecule has 1 saturated heterocycles. The molecule has 0 aromatic carbocycles. The molecule has 2 fully saturated rings. The number of rotatable bonds is 6. The molecule has 6 heteroatoms. The number of likely N-dealkylation sites (tertiary alicyclic amines) is 1. The molecule has 1 unspecified atom stereocenters. The van der Waals surface area contributed by atoms with Crippen LogP contribution < -0.4 is 11.1 Å². The summed E-state index contributed by atoms with van der Waals surface area (Å²) < 4.78 is 5.50. The Balaban J connectivity index is 1.41. The van der Waals surface area contributed by atoms with E-state index >= 15 is 0 Å². The zero-order chi connectivity index (χ0) is 14.5. The number of hydrogen-bond donors (Lipinski definition) is 2. The lowest BCUT2D eigenvalue weighted by molar-refractivity contribution is 0.186. The molecule has 3 rings (SSSR count). The van der Waals surface area contributed by atoms with Crippen LogP contribution >= 0.6 is 0 Å². The molecule has 0 radical (unpaired) electrons. The molecule has 1 saturated carbocycles. The standard InChI is InChI=1S/C15H27N5O/c16-8-6-14-18-19-15(21-14)17-10-12-7-9-20(11-12)13-4-2-1-3-5-13/h12-13H,1-11,16H2,(H,17,19). The van der Waals surface area contributed by atoms with Gasteiger partial charge in [0.2, 0.25) is 5.89 Å². The number of anilines is 1. The third kappa shape index (κ3) is 3.95. The molecule has 1 aromatic rings. The molecule has 21 heavy (non-hydrogen) atoms. The Morgan fingerprint density at radius 2 is 2.05 bits per heavy atom. The molecule has 0 amide bonds. The molecule has 3 N–H and O–H groups in total. The van der Waals surface area contributed by atoms with Gasteiger partial charge >= 0.3 is 6.01 Å². The Bertz CT molecular complexity index is 429. The Labute approximate surface area is 126 Å². The van der Waals surface area contributed by atoms with Crippen molar-refractivity contribution in [3.8, 4) is 0 Å². The lowest BCUT2D eigenvalue weighted by atomic mass is 9.94. The van der Waals surface area contributed by atoms with Crippen molar-refractivity contribution in [2.45, 2.75) is 51.0 Å². The van der Waals surface area contributed by atoms with E-state index in [1.54, 1.807) is 0 Å². The van der Waals surface area contributed by atoms with Crippen LogP contribution in [0.25, 0.3) is 0 Å². The van der Waals surface area contributed by atoms with Gasteiger partial charge in [-0.2, -0.15) is 0 Å². The molecule has 118 valence electrons. The van der Waals surface area contributed by atoms with E-state index in [1.807, 2.05) is 0 Å². The highest BCUT2D eigenvalue weighted by Crippen LogP contribution is 2.27. The zero-order valence-electron chi connectivity index (χ0n) is 12.8. The largest absolute Gasteiger partial charge is 0.408 e. The Morgan fingerprint density at radius 3 is 2.86 bits per heavy atom. The van der Waals surface area contributed by atoms with Crippen LogP contribution in [0.2, 0.25) is 0 Å². The topological polar surface area (TPSA) is 80.2 Å². The molecule has 0 spiro atoms. The maximum absolute atomic E-state index is 5.50. The van der Waals surface area contributed by atoms with E-state index in [9.17, 15) is 0 Å². The van der Waals surface area contributed by atoms with Crippen LogP contribution in [0, 0.1) is 5.92 Å². The fourth-order valence-corrected chi connectivity index (χ4v) is 3.59. The molecule has 1 aliphatic heterocycles. The van der Waals surface area contributed by atoms with Crippen molar-refractivity contribution in [1.82, 2.24) is 15.1 Å². The molecule has 0 bridgehead atoms. The van der Waals surface area contributed by atoms with Crippen molar-refractivity contribution >= 4 is 6.01 Å². The first-order chi connectivity index (χ1) is 10.3. The highest BCUT2D eigenvalue weighted by atomic mass is 16.4. The quantitative estimate of drug-likeness (QED) is 0.830. The highest BCUT2D eigenvalue weighted by molar-refractivity contribution is 5.17. The summed E-state index contributed by atoms with van der Waals surface area (Å²) in [5, 5.41) is 11.3. The van der Waals surface area contributed by atoms with Crippen molar-refractivity contribution < 1.29 is 4.42 Å². The SMILES string of the molecule is NCCc1nnc(NCC2CCN(C3CCCCC3)C2)o1. The van der Waals surface area contributed by atoms with Crippen molar-refractivity contribution in [2.24, 2.45) is 11.7 Å². The Kier molecular flexibility index (Phi) is 5.08. The van der Waals surface area contributed by atoms with Crippen LogP contribution in [0.5, 0.6) is 0 Å². The minimum atomic E-state index is 0.537. The van der Waals surface area contributed by atoms with Gasteiger partial charge in [-0.3, -0.25) is 0 Å². The Morgan fingerprint density at radius 1 is 1.19 bits per heavy atom. The lowest BCUT2D eigenvalue weighted by Crippen LogP contribution is -2.35. The summed E-state index contributed by atoms with van der Waals surface area (Å²) in [7, 11) is 0. The second kappa shape index (κ2) is 7.22. The molecular formula is C15H27N5O. The summed E-state index contributed by atoms with van der Waals surface area (Å²) in [6.07, 6.45) is 8.96. The van der Waals surface area contributed by atoms with E-state index in [1.165, 1.54) is 51.6 Å². The van der Waals surface area contributed by atoms with E-state index in [2.05, 4.69) is 20.4 Å². The van der Waals surface area contributed by atoms with Gasteiger partial charge in [-0.15, -0.1) is 5.10 Å². The molecule has 6 nitrogen and oxygen atoms in total. The summed E-state index contributed by atoms with van der Waals surface area (Å²) in [4.78, 5) is 2.69. The molecule has 2 heterocycles. The first kappa shape index (κ1) is 14.8. The second-order valence-corrected chi connectivity index (χ2v) is 6.36. The predicted octanol–water partition coefficient (Wildman–Crippen LogP) is 1.64. The van der Waals surface area contributed by atoms with E-state index in [-0.39, 0.29) is 0 Å². The van der Waals surface area contributed by atoms with Crippen molar-refractivity contribution in [3.63, 3.8) is 0 Å². The average molecular weight is 293 g/mol. The predicted molar refractivity (Wildman–Crippen MR) is 82.1 cm³/mol. The van der Waals surface area contributed by atoms with Gasteiger partial charge in [0.1, 0.15) is 0 Å². The van der Waals surface area contributed by atoms with Crippen LogP contribution in [0.4, 0.5) is 6.01 Å². The van der Waals surface area contributed by atoms with Gasteiger partial charge in [0, 0.05) is 32.1 Å². The second-order valence-electron chi connectivity index (χ2n) is 6.36. The lowest BCUT2D eigenvalue weighted by Gasteiger charge is -2.31. The van der Waals surface area contributed by atoms with E-state index in [0.717, 1.165) is 12.6 Å². The van der Waals surface area contributed by atoms with Crippen LogP contribution in [0.15, 0.2) is 4.42 Å². The summed E-state index contributed by atoms with van der Waals surface area (Å²) in [5.74, 6) is 1.31. The minimum Gasteiger partial charge on any atom is -0.408 e. The van der Waals surface area contributed by atoms with Gasteiger partial charge in [0.15, 0.2) is 0 Å². The van der Waals surface area contributed by atoms with Crippen LogP contribution in [-0.2, 0) is 6.42 Å². The molecular weight excluding hydrogens is 266 g/mol. The number of nitrogens with one attached hydrogen (secondary N) is 1. The van der Waals surface area contributed by atoms with Gasteiger partial charge in [-0.25, -0.2) is 0 Å². The Hall–Kier alpha value is -1.14. The first-order valence-corrected chi connectivity index (χ1v) is 8.35. The smallest absolute Gasteiger partial charge is 0.315 e. The van der Waals surface area contributed by atoms with Crippen LogP contribution in [0.3, 0.4) is 0 Å². The third-order valence-corrected chi connectivity index (χ3v) is 4.78. The number of hydrogen-bond acceptors (Lipinski definition) is 6. The van der Waals surface area contributed by atoms with Crippen molar-refractivity contribution in [2.75, 3.05) is 31.5 Å². The van der Waals surface area contributed by atoms with E-state index in [0.29, 0.717) is 30.8 Å². The molecule has 1 aromatic heterocycles. The van der Waals surface area contributed by atoms with E-state index in [4.69, 9.17) is 10.2 Å². The van der Waals surface area contributed by atoms with Crippen molar-refractivity contribution in [3.05, 3.63) is 5.89 Å². The van der Waals surface area contributed by atoms with Crippen LogP contribution in [-0.4, -0.2) is 47.3 Å². The molecule has 1 atom stereocenters.